The number of rotatable bonds is 3. The Morgan fingerprint density at radius 3 is 2.73 bits per heavy atom. The Morgan fingerprint density at radius 1 is 1.27 bits per heavy atom. The van der Waals surface area contributed by atoms with Crippen molar-refractivity contribution in [3.8, 4) is 5.75 Å². The van der Waals surface area contributed by atoms with Gasteiger partial charge in [-0.05, 0) is 37.3 Å². The Hall–Kier alpha value is -2.53. The van der Waals surface area contributed by atoms with Crippen molar-refractivity contribution in [2.45, 2.75) is 6.92 Å². The van der Waals surface area contributed by atoms with Crippen molar-refractivity contribution in [3.63, 3.8) is 0 Å². The third kappa shape index (κ3) is 2.76. The summed E-state index contributed by atoms with van der Waals surface area (Å²) in [6.07, 6.45) is 1.53. The minimum atomic E-state index is -0.545. The molecule has 0 amide bonds. The van der Waals surface area contributed by atoms with Gasteiger partial charge >= 0.3 is 5.97 Å². The monoisotopic (exact) mass is 317 g/mol. The normalized spacial score (nSPS) is 15.9. The number of ether oxygens (including phenoxy) is 2. The second-order valence-electron chi connectivity index (χ2n) is 4.63. The predicted octanol–water partition coefficient (Wildman–Crippen LogP) is 3.59. The molecule has 1 aromatic heterocycles. The number of nitrogens with zero attached hydrogens (tertiary/aromatic N) is 1. The molecule has 0 bridgehead atoms. The number of furan rings is 1. The van der Waals surface area contributed by atoms with Crippen LogP contribution in [0.25, 0.3) is 6.08 Å². The lowest BCUT2D eigenvalue weighted by atomic mass is 10.2. The van der Waals surface area contributed by atoms with E-state index in [4.69, 9.17) is 25.5 Å². The highest BCUT2D eigenvalue weighted by atomic mass is 35.5. The number of esters is 1. The summed E-state index contributed by atoms with van der Waals surface area (Å²) in [7, 11) is 1.55. The molecule has 0 atom stereocenters. The highest BCUT2D eigenvalue weighted by molar-refractivity contribution is 6.34. The summed E-state index contributed by atoms with van der Waals surface area (Å²) in [4.78, 5) is 16.1. The standard InChI is InChI=1S/C16H12ClNO4/c1-9-3-4-11(21-9)8-14-16(19)22-15(18-14)12-6-5-10(20-2)7-13(12)17/h3-8H,1-2H3. The van der Waals surface area contributed by atoms with Gasteiger partial charge in [0.05, 0.1) is 17.7 Å². The minimum Gasteiger partial charge on any atom is -0.497 e. The highest BCUT2D eigenvalue weighted by Crippen LogP contribution is 2.27. The van der Waals surface area contributed by atoms with E-state index in [1.54, 1.807) is 37.4 Å². The van der Waals surface area contributed by atoms with E-state index >= 15 is 0 Å². The van der Waals surface area contributed by atoms with Crippen LogP contribution in [0.3, 0.4) is 0 Å². The van der Waals surface area contributed by atoms with E-state index in [1.165, 1.54) is 6.08 Å². The van der Waals surface area contributed by atoms with Crippen LogP contribution in [0.5, 0.6) is 5.75 Å². The van der Waals surface area contributed by atoms with Crippen LogP contribution in [0.2, 0.25) is 5.02 Å². The number of halogens is 1. The predicted molar refractivity (Wildman–Crippen MR) is 82.1 cm³/mol. The lowest BCUT2D eigenvalue weighted by Crippen LogP contribution is -2.06. The SMILES string of the molecule is COc1ccc(C2=NC(=Cc3ccc(C)o3)C(=O)O2)c(Cl)c1. The van der Waals surface area contributed by atoms with Crippen molar-refractivity contribution in [2.75, 3.05) is 7.11 Å². The average Bonchev–Trinajstić information content (AvgIpc) is 3.06. The molecular formula is C16H12ClNO4. The zero-order chi connectivity index (χ0) is 15.7. The van der Waals surface area contributed by atoms with Crippen molar-refractivity contribution >= 4 is 29.5 Å². The Balaban J connectivity index is 1.94. The van der Waals surface area contributed by atoms with Crippen molar-refractivity contribution in [2.24, 2.45) is 4.99 Å². The minimum absolute atomic E-state index is 0.159. The molecule has 0 radical (unpaired) electrons. The van der Waals surface area contributed by atoms with Gasteiger partial charge in [0.25, 0.3) is 0 Å². The number of aryl methyl sites for hydroxylation is 1. The molecule has 0 unspecified atom stereocenters. The van der Waals surface area contributed by atoms with E-state index in [1.807, 2.05) is 6.92 Å². The molecule has 0 saturated carbocycles. The number of methoxy groups -OCH3 is 1. The fourth-order valence-electron chi connectivity index (χ4n) is 1.99. The number of carbonyl (C=O) groups excluding carboxylic acids is 1. The Morgan fingerprint density at radius 2 is 2.09 bits per heavy atom. The summed E-state index contributed by atoms with van der Waals surface area (Å²) >= 11 is 6.16. The second kappa shape index (κ2) is 5.69. The second-order valence-corrected chi connectivity index (χ2v) is 5.04. The topological polar surface area (TPSA) is 61.0 Å². The Bertz CT molecular complexity index is 804. The number of hydrogen-bond donors (Lipinski definition) is 0. The first-order valence-corrected chi connectivity index (χ1v) is 6.87. The van der Waals surface area contributed by atoms with Gasteiger partial charge in [0.15, 0.2) is 5.70 Å². The van der Waals surface area contributed by atoms with E-state index < -0.39 is 5.97 Å². The first-order valence-electron chi connectivity index (χ1n) is 6.50. The molecule has 1 aliphatic rings. The molecule has 0 aliphatic carbocycles. The summed E-state index contributed by atoms with van der Waals surface area (Å²) in [5.41, 5.74) is 0.686. The van der Waals surface area contributed by atoms with Crippen molar-refractivity contribution in [1.29, 1.82) is 0 Å². The number of carbonyl (C=O) groups is 1. The number of benzene rings is 1. The van der Waals surface area contributed by atoms with Crippen LogP contribution < -0.4 is 4.74 Å². The van der Waals surface area contributed by atoms with Crippen molar-refractivity contribution in [1.82, 2.24) is 0 Å². The molecule has 1 aliphatic heterocycles. The fourth-order valence-corrected chi connectivity index (χ4v) is 2.24. The molecular weight excluding hydrogens is 306 g/mol. The maximum absolute atomic E-state index is 11.9. The molecule has 3 rings (SSSR count). The van der Waals surface area contributed by atoms with E-state index in [-0.39, 0.29) is 11.6 Å². The largest absolute Gasteiger partial charge is 0.497 e. The maximum atomic E-state index is 11.9. The van der Waals surface area contributed by atoms with Gasteiger partial charge in [-0.2, -0.15) is 0 Å². The molecule has 22 heavy (non-hydrogen) atoms. The first kappa shape index (κ1) is 14.4. The van der Waals surface area contributed by atoms with Crippen molar-refractivity contribution in [3.05, 3.63) is 58.1 Å². The van der Waals surface area contributed by atoms with Crippen LogP contribution in [0.1, 0.15) is 17.1 Å². The third-order valence-electron chi connectivity index (χ3n) is 3.07. The quantitative estimate of drug-likeness (QED) is 0.641. The van der Waals surface area contributed by atoms with Gasteiger partial charge in [-0.1, -0.05) is 11.6 Å². The summed E-state index contributed by atoms with van der Waals surface area (Å²) in [6.45, 7) is 1.82. The highest BCUT2D eigenvalue weighted by Gasteiger charge is 2.26. The molecule has 112 valence electrons. The van der Waals surface area contributed by atoms with Gasteiger partial charge in [0.2, 0.25) is 5.90 Å². The molecule has 0 saturated heterocycles. The zero-order valence-electron chi connectivity index (χ0n) is 11.9. The molecule has 2 heterocycles. The van der Waals surface area contributed by atoms with E-state index in [9.17, 15) is 4.79 Å². The summed E-state index contributed by atoms with van der Waals surface area (Å²) in [6, 6.07) is 8.59. The maximum Gasteiger partial charge on any atom is 0.363 e. The third-order valence-corrected chi connectivity index (χ3v) is 3.38. The van der Waals surface area contributed by atoms with Crippen LogP contribution in [0.4, 0.5) is 0 Å². The van der Waals surface area contributed by atoms with Gasteiger partial charge in [0, 0.05) is 6.08 Å². The lowest BCUT2D eigenvalue weighted by Gasteiger charge is -2.05. The molecule has 1 aromatic carbocycles. The number of aliphatic imine (C=N–C) groups is 1. The molecule has 5 nitrogen and oxygen atoms in total. The van der Waals surface area contributed by atoms with Crippen LogP contribution in [0, 0.1) is 6.92 Å². The molecule has 2 aromatic rings. The Labute approximate surface area is 131 Å². The van der Waals surface area contributed by atoms with E-state index in [0.29, 0.717) is 22.1 Å². The number of cyclic esters (lactones) is 1. The van der Waals surface area contributed by atoms with E-state index in [0.717, 1.165) is 5.76 Å². The van der Waals surface area contributed by atoms with Gasteiger partial charge in [-0.25, -0.2) is 9.79 Å². The zero-order valence-corrected chi connectivity index (χ0v) is 12.7. The van der Waals surface area contributed by atoms with Crippen molar-refractivity contribution < 1.29 is 18.7 Å². The van der Waals surface area contributed by atoms with Crippen LogP contribution in [-0.2, 0) is 9.53 Å². The average molecular weight is 318 g/mol. The van der Waals surface area contributed by atoms with Crippen LogP contribution >= 0.6 is 11.6 Å². The summed E-state index contributed by atoms with van der Waals surface area (Å²) < 4.78 is 15.6. The smallest absolute Gasteiger partial charge is 0.363 e. The van der Waals surface area contributed by atoms with Gasteiger partial charge in [0.1, 0.15) is 17.3 Å². The molecule has 0 spiro atoms. The summed E-state index contributed by atoms with van der Waals surface area (Å²) in [5.74, 6) is 1.51. The molecule has 0 N–H and O–H groups in total. The first-order chi connectivity index (χ1) is 10.6. The lowest BCUT2D eigenvalue weighted by molar-refractivity contribution is -0.129. The van der Waals surface area contributed by atoms with E-state index in [2.05, 4.69) is 4.99 Å². The van der Waals surface area contributed by atoms with Gasteiger partial charge in [-0.3, -0.25) is 0 Å². The van der Waals surface area contributed by atoms with Gasteiger partial charge in [-0.15, -0.1) is 0 Å². The molecule has 0 fully saturated rings. The van der Waals surface area contributed by atoms with Gasteiger partial charge < -0.3 is 13.9 Å². The Kier molecular flexibility index (Phi) is 3.73. The van der Waals surface area contributed by atoms with Crippen LogP contribution in [0.15, 0.2) is 45.4 Å². The molecule has 6 heteroatoms. The number of hydrogen-bond acceptors (Lipinski definition) is 5. The fraction of sp³-hybridized carbons (Fsp3) is 0.125. The van der Waals surface area contributed by atoms with Crippen LogP contribution in [-0.4, -0.2) is 19.0 Å². The summed E-state index contributed by atoms with van der Waals surface area (Å²) in [5, 5.41) is 0.390.